The summed E-state index contributed by atoms with van der Waals surface area (Å²) in [4.78, 5) is 3.48. The maximum Gasteiger partial charge on any atom is 0.200 e. The molecule has 106 valence electrons. The second-order valence-corrected chi connectivity index (χ2v) is 3.81. The van der Waals surface area contributed by atoms with Crippen molar-refractivity contribution in [3.05, 3.63) is 58.9 Å². The van der Waals surface area contributed by atoms with E-state index in [-0.39, 0.29) is 12.1 Å². The molecule has 8 heteroatoms. The topological polar surface area (TPSA) is 24.9 Å². The SMILES string of the molecule is Fc1cncc(CNc2c(F)c(F)c(F)c(F)c2F)c1. The number of pyridine rings is 1. The Balaban J connectivity index is 2.30. The van der Waals surface area contributed by atoms with Gasteiger partial charge in [0.05, 0.1) is 6.20 Å². The molecule has 20 heavy (non-hydrogen) atoms. The van der Waals surface area contributed by atoms with E-state index in [1.807, 2.05) is 5.32 Å². The Kier molecular flexibility index (Phi) is 3.82. The third-order valence-corrected chi connectivity index (χ3v) is 2.44. The number of benzene rings is 1. The number of aromatic nitrogens is 1. The molecule has 1 heterocycles. The first-order chi connectivity index (χ1) is 9.41. The molecule has 0 atom stereocenters. The number of anilines is 1. The molecule has 0 fully saturated rings. The lowest BCUT2D eigenvalue weighted by molar-refractivity contribution is 0.381. The molecule has 0 radical (unpaired) electrons. The lowest BCUT2D eigenvalue weighted by Gasteiger charge is -2.10. The van der Waals surface area contributed by atoms with Crippen LogP contribution < -0.4 is 5.32 Å². The lowest BCUT2D eigenvalue weighted by Crippen LogP contribution is -2.10. The Bertz CT molecular complexity index is 630. The fourth-order valence-electron chi connectivity index (χ4n) is 1.50. The van der Waals surface area contributed by atoms with Crippen LogP contribution in [-0.2, 0) is 6.54 Å². The van der Waals surface area contributed by atoms with Gasteiger partial charge in [0.25, 0.3) is 0 Å². The summed E-state index contributed by atoms with van der Waals surface area (Å²) >= 11 is 0. The van der Waals surface area contributed by atoms with Gasteiger partial charge in [0.15, 0.2) is 23.3 Å². The van der Waals surface area contributed by atoms with Crippen LogP contribution in [0.25, 0.3) is 0 Å². The fraction of sp³-hybridized carbons (Fsp3) is 0.0833. The van der Waals surface area contributed by atoms with Gasteiger partial charge < -0.3 is 5.32 Å². The number of hydrogen-bond acceptors (Lipinski definition) is 2. The predicted octanol–water partition coefficient (Wildman–Crippen LogP) is 3.53. The minimum atomic E-state index is -2.24. The average molecular weight is 292 g/mol. The van der Waals surface area contributed by atoms with Gasteiger partial charge in [-0.2, -0.15) is 0 Å². The maximum atomic E-state index is 13.3. The Morgan fingerprint density at radius 1 is 0.800 bits per heavy atom. The van der Waals surface area contributed by atoms with E-state index < -0.39 is 40.6 Å². The molecular weight excluding hydrogens is 286 g/mol. The fourth-order valence-corrected chi connectivity index (χ4v) is 1.50. The predicted molar refractivity (Wildman–Crippen MR) is 57.8 cm³/mol. The van der Waals surface area contributed by atoms with Gasteiger partial charge >= 0.3 is 0 Å². The molecule has 0 spiro atoms. The minimum absolute atomic E-state index is 0.175. The van der Waals surface area contributed by atoms with E-state index in [1.165, 1.54) is 6.20 Å². The third kappa shape index (κ3) is 2.54. The van der Waals surface area contributed by atoms with Crippen molar-refractivity contribution >= 4 is 5.69 Å². The summed E-state index contributed by atoms with van der Waals surface area (Å²) in [6, 6.07) is 1.01. The number of rotatable bonds is 3. The van der Waals surface area contributed by atoms with E-state index >= 15 is 0 Å². The monoisotopic (exact) mass is 292 g/mol. The smallest absolute Gasteiger partial charge is 0.200 e. The zero-order valence-corrected chi connectivity index (χ0v) is 9.65. The van der Waals surface area contributed by atoms with Crippen LogP contribution in [-0.4, -0.2) is 4.98 Å². The normalized spacial score (nSPS) is 10.7. The third-order valence-electron chi connectivity index (χ3n) is 2.44. The van der Waals surface area contributed by atoms with Gasteiger partial charge in [0.1, 0.15) is 11.5 Å². The van der Waals surface area contributed by atoms with Crippen molar-refractivity contribution in [2.75, 3.05) is 5.32 Å². The van der Waals surface area contributed by atoms with Crippen molar-refractivity contribution in [1.82, 2.24) is 4.98 Å². The minimum Gasteiger partial charge on any atom is -0.376 e. The number of nitrogens with one attached hydrogen (secondary N) is 1. The molecule has 1 N–H and O–H groups in total. The molecule has 1 aromatic heterocycles. The van der Waals surface area contributed by atoms with Crippen LogP contribution in [0.2, 0.25) is 0 Å². The summed E-state index contributed by atoms with van der Waals surface area (Å²) in [7, 11) is 0. The van der Waals surface area contributed by atoms with Gasteiger partial charge in [0.2, 0.25) is 5.82 Å². The van der Waals surface area contributed by atoms with E-state index in [0.717, 1.165) is 12.3 Å². The van der Waals surface area contributed by atoms with E-state index in [2.05, 4.69) is 4.98 Å². The molecule has 0 unspecified atom stereocenters. The van der Waals surface area contributed by atoms with Crippen molar-refractivity contribution in [3.8, 4) is 0 Å². The average Bonchev–Trinajstić information content (AvgIpc) is 2.43. The van der Waals surface area contributed by atoms with Gasteiger partial charge in [-0.05, 0) is 11.6 Å². The highest BCUT2D eigenvalue weighted by Gasteiger charge is 2.25. The zero-order chi connectivity index (χ0) is 14.9. The highest BCUT2D eigenvalue weighted by atomic mass is 19.2. The number of halogens is 6. The van der Waals surface area contributed by atoms with Crippen LogP contribution >= 0.6 is 0 Å². The summed E-state index contributed by atoms with van der Waals surface area (Å²) in [5, 5.41) is 2.03. The summed E-state index contributed by atoms with van der Waals surface area (Å²) in [5.41, 5.74) is -1.00. The van der Waals surface area contributed by atoms with Crippen LogP contribution in [0, 0.1) is 34.9 Å². The highest BCUT2D eigenvalue weighted by Crippen LogP contribution is 2.27. The van der Waals surface area contributed by atoms with Gasteiger partial charge in [-0.1, -0.05) is 0 Å². The van der Waals surface area contributed by atoms with Crippen molar-refractivity contribution in [1.29, 1.82) is 0 Å². The molecule has 0 aliphatic heterocycles. The molecule has 0 aliphatic rings. The van der Waals surface area contributed by atoms with E-state index in [0.29, 0.717) is 0 Å². The summed E-state index contributed by atoms with van der Waals surface area (Å²) in [5.74, 6) is -11.0. The second-order valence-electron chi connectivity index (χ2n) is 3.81. The summed E-state index contributed by atoms with van der Waals surface area (Å²) in [6.45, 7) is -0.358. The largest absolute Gasteiger partial charge is 0.376 e. The van der Waals surface area contributed by atoms with Crippen molar-refractivity contribution in [3.63, 3.8) is 0 Å². The highest BCUT2D eigenvalue weighted by molar-refractivity contribution is 5.48. The van der Waals surface area contributed by atoms with Crippen LogP contribution in [0.5, 0.6) is 0 Å². The molecule has 0 saturated carbocycles. The van der Waals surface area contributed by atoms with E-state index in [9.17, 15) is 26.3 Å². The molecule has 2 rings (SSSR count). The van der Waals surface area contributed by atoms with Gasteiger partial charge in [-0.15, -0.1) is 0 Å². The van der Waals surface area contributed by atoms with Crippen LogP contribution in [0.1, 0.15) is 5.56 Å². The Hall–Kier alpha value is -2.25. The first-order valence-corrected chi connectivity index (χ1v) is 5.26. The quantitative estimate of drug-likeness (QED) is 0.532. The van der Waals surface area contributed by atoms with Gasteiger partial charge in [-0.25, -0.2) is 26.3 Å². The maximum absolute atomic E-state index is 13.3. The van der Waals surface area contributed by atoms with Crippen LogP contribution in [0.15, 0.2) is 18.5 Å². The van der Waals surface area contributed by atoms with Crippen molar-refractivity contribution < 1.29 is 26.3 Å². The number of nitrogens with zero attached hydrogens (tertiary/aromatic N) is 1. The van der Waals surface area contributed by atoms with Crippen LogP contribution in [0.3, 0.4) is 0 Å². The van der Waals surface area contributed by atoms with Crippen molar-refractivity contribution in [2.45, 2.75) is 6.54 Å². The standard InChI is InChI=1S/C12H6F6N2/c13-6-1-5(2-19-4-6)3-20-12-10(17)8(15)7(14)9(16)11(12)18/h1-2,4,20H,3H2. The summed E-state index contributed by atoms with van der Waals surface area (Å²) in [6.07, 6.45) is 2.09. The Labute approximate surface area is 109 Å². The van der Waals surface area contributed by atoms with Gasteiger partial charge in [0, 0.05) is 12.7 Å². The Morgan fingerprint density at radius 3 is 1.90 bits per heavy atom. The molecule has 0 bridgehead atoms. The van der Waals surface area contributed by atoms with Crippen molar-refractivity contribution in [2.24, 2.45) is 0 Å². The molecule has 2 aromatic rings. The molecule has 0 aliphatic carbocycles. The summed E-state index contributed by atoms with van der Waals surface area (Å²) < 4.78 is 78.1. The second kappa shape index (κ2) is 5.40. The first kappa shape index (κ1) is 14.2. The molecule has 0 amide bonds. The molecule has 0 saturated heterocycles. The first-order valence-electron chi connectivity index (χ1n) is 5.26. The molecule has 1 aromatic carbocycles. The molecule has 2 nitrogen and oxygen atoms in total. The zero-order valence-electron chi connectivity index (χ0n) is 9.65. The van der Waals surface area contributed by atoms with E-state index in [1.54, 1.807) is 0 Å². The van der Waals surface area contributed by atoms with Gasteiger partial charge in [-0.3, -0.25) is 4.98 Å². The number of hydrogen-bond donors (Lipinski definition) is 1. The lowest BCUT2D eigenvalue weighted by atomic mass is 10.2. The Morgan fingerprint density at radius 2 is 1.35 bits per heavy atom. The van der Waals surface area contributed by atoms with Crippen LogP contribution in [0.4, 0.5) is 32.0 Å². The molecular formula is C12H6F6N2. The van der Waals surface area contributed by atoms with E-state index in [4.69, 9.17) is 0 Å².